The fourth-order valence-electron chi connectivity index (χ4n) is 3.40. The fraction of sp³-hybridized carbons (Fsp3) is 0.522. The van der Waals surface area contributed by atoms with Gasteiger partial charge >= 0.3 is 5.97 Å². The Morgan fingerprint density at radius 3 is 2.00 bits per heavy atom. The van der Waals surface area contributed by atoms with E-state index in [1.165, 1.54) is 12.1 Å². The van der Waals surface area contributed by atoms with Gasteiger partial charge in [0.05, 0.1) is 6.54 Å². The van der Waals surface area contributed by atoms with E-state index < -0.39 is 41.8 Å². The van der Waals surface area contributed by atoms with E-state index in [0.717, 1.165) is 0 Å². The molecule has 0 aliphatic heterocycles. The Labute approximate surface area is 215 Å². The van der Waals surface area contributed by atoms with Crippen LogP contribution in [0.1, 0.15) is 37.7 Å². The maximum absolute atomic E-state index is 13.1. The van der Waals surface area contributed by atoms with Gasteiger partial charge < -0.3 is 49.1 Å². The van der Waals surface area contributed by atoms with Gasteiger partial charge in [0.25, 0.3) is 0 Å². The van der Waals surface area contributed by atoms with E-state index in [2.05, 4.69) is 20.9 Å². The molecule has 0 saturated carbocycles. The second-order valence-corrected chi connectivity index (χ2v) is 8.39. The van der Waals surface area contributed by atoms with Crippen LogP contribution in [0.5, 0.6) is 5.75 Å². The highest BCUT2D eigenvalue weighted by Crippen LogP contribution is 2.12. The van der Waals surface area contributed by atoms with E-state index in [1.807, 2.05) is 0 Å². The largest absolute Gasteiger partial charge is 0.508 e. The number of carbonyl (C=O) groups is 4. The Bertz CT molecular complexity index is 920. The van der Waals surface area contributed by atoms with Gasteiger partial charge in [-0.1, -0.05) is 12.1 Å². The van der Waals surface area contributed by atoms with Crippen molar-refractivity contribution in [3.05, 3.63) is 29.8 Å². The molecule has 13 N–H and O–H groups in total. The minimum absolute atomic E-state index is 0.00144. The Balaban J connectivity index is 3.08. The first-order valence-electron chi connectivity index (χ1n) is 11.9. The van der Waals surface area contributed by atoms with Crippen LogP contribution in [0, 0.1) is 0 Å². The summed E-state index contributed by atoms with van der Waals surface area (Å²) < 4.78 is 0. The van der Waals surface area contributed by atoms with Crippen LogP contribution in [0.4, 0.5) is 0 Å². The summed E-state index contributed by atoms with van der Waals surface area (Å²) in [5.41, 5.74) is 22.0. The maximum atomic E-state index is 13.1. The number of carboxylic acids is 1. The van der Waals surface area contributed by atoms with Crippen LogP contribution in [-0.4, -0.2) is 77.6 Å². The number of carbonyl (C=O) groups excluding carboxylic acids is 3. The van der Waals surface area contributed by atoms with Gasteiger partial charge in [-0.15, -0.1) is 0 Å². The predicted octanol–water partition coefficient (Wildman–Crippen LogP) is -2.38. The number of phenolic OH excluding ortho intramolecular Hbond substituents is 1. The van der Waals surface area contributed by atoms with Gasteiger partial charge in [-0.05, 0) is 56.3 Å². The summed E-state index contributed by atoms with van der Waals surface area (Å²) in [6.07, 6.45) is 1.74. The molecule has 0 fully saturated rings. The van der Waals surface area contributed by atoms with Crippen molar-refractivity contribution >= 4 is 29.7 Å². The third kappa shape index (κ3) is 12.6. The van der Waals surface area contributed by atoms with Gasteiger partial charge in [-0.3, -0.25) is 19.4 Å². The lowest BCUT2D eigenvalue weighted by Crippen LogP contribution is -2.56. The summed E-state index contributed by atoms with van der Waals surface area (Å²) in [6.45, 7) is 0.252. The van der Waals surface area contributed by atoms with E-state index in [0.29, 0.717) is 31.4 Å². The first-order chi connectivity index (χ1) is 17.6. The predicted molar refractivity (Wildman–Crippen MR) is 137 cm³/mol. The lowest BCUT2D eigenvalue weighted by molar-refractivity contribution is -0.142. The molecule has 3 atom stereocenters. The molecule has 0 radical (unpaired) electrons. The highest BCUT2D eigenvalue weighted by Gasteiger charge is 2.29. The molecule has 0 saturated heterocycles. The summed E-state index contributed by atoms with van der Waals surface area (Å²) in [6, 6.07) is 2.59. The first kappa shape index (κ1) is 31.1. The highest BCUT2D eigenvalue weighted by molar-refractivity contribution is 5.93. The van der Waals surface area contributed by atoms with Crippen molar-refractivity contribution in [3.8, 4) is 5.75 Å². The minimum atomic E-state index is -1.21. The number of nitrogens with zero attached hydrogens (tertiary/aromatic N) is 1. The van der Waals surface area contributed by atoms with Crippen LogP contribution in [0.25, 0.3) is 0 Å². The lowest BCUT2D eigenvalue weighted by atomic mass is 10.0. The van der Waals surface area contributed by atoms with E-state index in [1.54, 1.807) is 12.1 Å². The van der Waals surface area contributed by atoms with Crippen LogP contribution in [0.3, 0.4) is 0 Å². The molecule has 1 aromatic rings. The van der Waals surface area contributed by atoms with Gasteiger partial charge in [0.2, 0.25) is 17.7 Å². The van der Waals surface area contributed by atoms with E-state index >= 15 is 0 Å². The maximum Gasteiger partial charge on any atom is 0.326 e. The second-order valence-electron chi connectivity index (χ2n) is 8.39. The molecule has 206 valence electrons. The summed E-state index contributed by atoms with van der Waals surface area (Å²) in [7, 11) is 0. The van der Waals surface area contributed by atoms with Crippen LogP contribution < -0.4 is 38.9 Å². The van der Waals surface area contributed by atoms with E-state index in [4.69, 9.17) is 22.9 Å². The minimum Gasteiger partial charge on any atom is -0.508 e. The molecule has 0 bridgehead atoms. The number of amides is 3. The third-order valence-electron chi connectivity index (χ3n) is 5.35. The number of carboxylic acid groups (broad SMARTS) is 1. The lowest BCUT2D eigenvalue weighted by Gasteiger charge is -2.24. The molecular weight excluding hydrogens is 484 g/mol. The number of rotatable bonds is 17. The molecule has 37 heavy (non-hydrogen) atoms. The Morgan fingerprint density at radius 2 is 1.43 bits per heavy atom. The zero-order valence-corrected chi connectivity index (χ0v) is 20.7. The van der Waals surface area contributed by atoms with E-state index in [9.17, 15) is 29.4 Å². The average molecular weight is 523 g/mol. The van der Waals surface area contributed by atoms with Gasteiger partial charge in [-0.25, -0.2) is 4.79 Å². The molecule has 0 aromatic heterocycles. The molecule has 1 rings (SSSR count). The third-order valence-corrected chi connectivity index (χ3v) is 5.35. The monoisotopic (exact) mass is 522 g/mol. The topological polar surface area (TPSA) is 261 Å². The summed E-state index contributed by atoms with van der Waals surface area (Å²) in [5, 5.41) is 26.7. The molecule has 3 unspecified atom stereocenters. The molecule has 3 amide bonds. The zero-order valence-electron chi connectivity index (χ0n) is 20.7. The van der Waals surface area contributed by atoms with E-state index in [-0.39, 0.29) is 44.1 Å². The number of aliphatic carboxylic acids is 1. The summed E-state index contributed by atoms with van der Waals surface area (Å²) >= 11 is 0. The van der Waals surface area contributed by atoms with Crippen molar-refractivity contribution in [2.45, 2.75) is 56.7 Å². The smallest absolute Gasteiger partial charge is 0.326 e. The molecule has 14 heteroatoms. The van der Waals surface area contributed by atoms with Crippen molar-refractivity contribution in [2.75, 3.05) is 19.6 Å². The number of aliphatic imine (C=N–C) groups is 1. The zero-order chi connectivity index (χ0) is 27.8. The summed E-state index contributed by atoms with van der Waals surface area (Å²) in [4.78, 5) is 53.6. The number of hydrogen-bond donors (Lipinski definition) is 9. The van der Waals surface area contributed by atoms with Gasteiger partial charge in [0.1, 0.15) is 23.9 Å². The highest BCUT2D eigenvalue weighted by atomic mass is 16.4. The van der Waals surface area contributed by atoms with Crippen molar-refractivity contribution in [1.29, 1.82) is 0 Å². The van der Waals surface area contributed by atoms with Crippen LogP contribution in [0.2, 0.25) is 0 Å². The van der Waals surface area contributed by atoms with Crippen molar-refractivity contribution in [3.63, 3.8) is 0 Å². The molecule has 0 aliphatic rings. The summed E-state index contributed by atoms with van der Waals surface area (Å²) in [5.74, 6) is -3.27. The molecule has 14 nitrogen and oxygen atoms in total. The molecule has 0 aliphatic carbocycles. The number of guanidine groups is 1. The van der Waals surface area contributed by atoms with Crippen LogP contribution in [0.15, 0.2) is 29.3 Å². The Kier molecular flexibility index (Phi) is 14.1. The quantitative estimate of drug-likeness (QED) is 0.0595. The number of benzene rings is 1. The average Bonchev–Trinajstić information content (AvgIpc) is 2.85. The molecule has 0 spiro atoms. The fourth-order valence-corrected chi connectivity index (χ4v) is 3.40. The SMILES string of the molecule is NCCCCC(NC(=O)C(Cc1ccc(O)cc1)NC(=O)C(CCCN=C(N)N)NC(=O)CN)C(=O)O. The number of hydrogen-bond acceptors (Lipinski definition) is 8. The first-order valence-corrected chi connectivity index (χ1v) is 11.9. The van der Waals surface area contributed by atoms with Crippen molar-refractivity contribution in [1.82, 2.24) is 16.0 Å². The number of aromatic hydroxyl groups is 1. The van der Waals surface area contributed by atoms with Crippen LogP contribution in [-0.2, 0) is 25.6 Å². The van der Waals surface area contributed by atoms with Crippen molar-refractivity contribution in [2.24, 2.45) is 27.9 Å². The van der Waals surface area contributed by atoms with Gasteiger partial charge in [0.15, 0.2) is 5.96 Å². The van der Waals surface area contributed by atoms with Crippen molar-refractivity contribution < 1.29 is 29.4 Å². The second kappa shape index (κ2) is 16.7. The number of unbranched alkanes of at least 4 members (excludes halogenated alkanes) is 1. The molecule has 0 heterocycles. The normalized spacial score (nSPS) is 13.0. The molecule has 1 aromatic carbocycles. The Morgan fingerprint density at radius 1 is 0.838 bits per heavy atom. The number of phenols is 1. The molecular formula is C23H38N8O6. The van der Waals surface area contributed by atoms with Gasteiger partial charge in [-0.2, -0.15) is 0 Å². The Hall–Kier alpha value is -3.91. The van der Waals surface area contributed by atoms with Gasteiger partial charge in [0, 0.05) is 13.0 Å². The number of nitrogens with one attached hydrogen (secondary N) is 3. The standard InChI is InChI=1S/C23H38N8O6/c24-10-2-1-4-17(22(36)37)30-21(35)18(12-14-6-8-15(32)9-7-14)31-20(34)16(29-19(33)13-25)5-3-11-28-23(26)27/h6-9,16-18,32H,1-5,10-13,24-25H2,(H,29,33)(H,30,35)(H,31,34)(H,36,37)(H4,26,27,28). The number of nitrogens with two attached hydrogens (primary N) is 4. The van der Waals surface area contributed by atoms with Crippen LogP contribution >= 0.6 is 0 Å².